The van der Waals surface area contributed by atoms with Gasteiger partial charge in [0.25, 0.3) is 0 Å². The summed E-state index contributed by atoms with van der Waals surface area (Å²) < 4.78 is 1.89. The second-order valence-electron chi connectivity index (χ2n) is 1.23. The van der Waals surface area contributed by atoms with Crippen molar-refractivity contribution in [2.45, 2.75) is 27.7 Å². The topological polar surface area (TPSA) is 17.8 Å². The fourth-order valence-electron chi connectivity index (χ4n) is 0.326. The summed E-state index contributed by atoms with van der Waals surface area (Å²) in [4.78, 5) is 3.78. The van der Waals surface area contributed by atoms with Crippen molar-refractivity contribution < 1.29 is 18.6 Å². The molecule has 0 aromatic carbocycles. The zero-order chi connectivity index (χ0) is 8.41. The number of nitrogens with zero attached hydrogens (tertiary/aromatic N) is 2. The monoisotopic (exact) mass is 193 g/mol. The van der Waals surface area contributed by atoms with Gasteiger partial charge in [-0.25, -0.2) is 4.98 Å². The van der Waals surface area contributed by atoms with Gasteiger partial charge in [0.1, 0.15) is 0 Å². The number of aryl methyl sites for hydroxylation is 1. The first-order chi connectivity index (χ1) is 4.89. The van der Waals surface area contributed by atoms with E-state index in [-0.39, 0.29) is 18.6 Å². The Morgan fingerprint density at radius 3 is 1.64 bits per heavy atom. The Labute approximate surface area is 81.9 Å². The first-order valence-electron chi connectivity index (χ1n) is 3.81. The van der Waals surface area contributed by atoms with E-state index in [2.05, 4.69) is 4.98 Å². The second kappa shape index (κ2) is 16.4. The summed E-state index contributed by atoms with van der Waals surface area (Å²) in [7, 11) is 1.94. The van der Waals surface area contributed by atoms with Crippen LogP contribution in [0.25, 0.3) is 0 Å². The standard InChI is InChI=1S/C4H6N2.2C2H6.V/c1-6-3-2-5-4-6;2*1-2;/h2-4H,1H3;2*1-2H3;. The molecule has 0 aliphatic heterocycles. The quantitative estimate of drug-likeness (QED) is 0.618. The summed E-state index contributed by atoms with van der Waals surface area (Å²) >= 11 is 0. The summed E-state index contributed by atoms with van der Waals surface area (Å²) in [6, 6.07) is 0. The molecule has 0 saturated carbocycles. The molecule has 0 aliphatic carbocycles. The van der Waals surface area contributed by atoms with Gasteiger partial charge in [0, 0.05) is 38.0 Å². The summed E-state index contributed by atoms with van der Waals surface area (Å²) in [6.45, 7) is 8.00. The molecule has 0 N–H and O–H groups in total. The van der Waals surface area contributed by atoms with Crippen LogP contribution in [-0.4, -0.2) is 9.55 Å². The zero-order valence-electron chi connectivity index (χ0n) is 8.07. The molecule has 1 radical (unpaired) electrons. The normalized spacial score (nSPS) is 5.91. The molecule has 1 heterocycles. The van der Waals surface area contributed by atoms with Gasteiger partial charge in [-0.1, -0.05) is 27.7 Å². The van der Waals surface area contributed by atoms with E-state index < -0.39 is 0 Å². The van der Waals surface area contributed by atoms with E-state index in [1.807, 2.05) is 45.5 Å². The van der Waals surface area contributed by atoms with E-state index in [0.29, 0.717) is 0 Å². The van der Waals surface area contributed by atoms with E-state index >= 15 is 0 Å². The summed E-state index contributed by atoms with van der Waals surface area (Å²) in [5.41, 5.74) is 0. The molecule has 0 bridgehead atoms. The van der Waals surface area contributed by atoms with Crippen LogP contribution >= 0.6 is 0 Å². The Bertz CT molecular complexity index is 116. The van der Waals surface area contributed by atoms with Crippen molar-refractivity contribution in [3.63, 3.8) is 0 Å². The first kappa shape index (κ1) is 17.0. The number of rotatable bonds is 0. The molecule has 0 aliphatic rings. The third-order valence-electron chi connectivity index (χ3n) is 0.637. The Morgan fingerprint density at radius 2 is 1.55 bits per heavy atom. The maximum atomic E-state index is 3.78. The van der Waals surface area contributed by atoms with Crippen molar-refractivity contribution in [3.8, 4) is 0 Å². The van der Waals surface area contributed by atoms with Crippen LogP contribution in [0.1, 0.15) is 27.7 Å². The SMILES string of the molecule is CC.CC.Cn1ccnc1.[V]. The van der Waals surface area contributed by atoms with Gasteiger partial charge in [-0.3, -0.25) is 0 Å². The van der Waals surface area contributed by atoms with Gasteiger partial charge >= 0.3 is 0 Å². The van der Waals surface area contributed by atoms with Crippen LogP contribution in [0.3, 0.4) is 0 Å². The van der Waals surface area contributed by atoms with Crippen LogP contribution in [0.2, 0.25) is 0 Å². The third-order valence-corrected chi connectivity index (χ3v) is 0.637. The number of hydrogen-bond donors (Lipinski definition) is 0. The van der Waals surface area contributed by atoms with Crippen LogP contribution in [0.15, 0.2) is 18.7 Å². The molecule has 65 valence electrons. The third kappa shape index (κ3) is 12.9. The molecule has 3 heteroatoms. The Morgan fingerprint density at radius 1 is 1.09 bits per heavy atom. The zero-order valence-corrected chi connectivity index (χ0v) is 9.47. The summed E-state index contributed by atoms with van der Waals surface area (Å²) in [5.74, 6) is 0. The Balaban J connectivity index is -0.000000114. The largest absolute Gasteiger partial charge is 0.341 e. The molecule has 0 atom stereocenters. The van der Waals surface area contributed by atoms with Crippen molar-refractivity contribution in [1.82, 2.24) is 9.55 Å². The van der Waals surface area contributed by atoms with Gasteiger partial charge < -0.3 is 4.57 Å². The fraction of sp³-hybridized carbons (Fsp3) is 0.625. The van der Waals surface area contributed by atoms with Crippen molar-refractivity contribution in [1.29, 1.82) is 0 Å². The molecule has 1 rings (SSSR count). The number of imidazole rings is 1. The minimum absolute atomic E-state index is 0. The molecular formula is C8H18N2V. The maximum absolute atomic E-state index is 3.78. The predicted molar refractivity (Wildman–Crippen MR) is 45.9 cm³/mol. The fourth-order valence-corrected chi connectivity index (χ4v) is 0.326. The maximum Gasteiger partial charge on any atom is 0.0943 e. The summed E-state index contributed by atoms with van der Waals surface area (Å²) in [6.07, 6.45) is 5.39. The predicted octanol–water partition coefficient (Wildman–Crippen LogP) is 2.47. The van der Waals surface area contributed by atoms with Crippen LogP contribution in [-0.2, 0) is 25.6 Å². The first-order valence-corrected chi connectivity index (χ1v) is 3.81. The van der Waals surface area contributed by atoms with E-state index in [1.54, 1.807) is 12.5 Å². The molecule has 0 fully saturated rings. The molecule has 1 aromatic heterocycles. The van der Waals surface area contributed by atoms with Crippen molar-refractivity contribution in [2.75, 3.05) is 0 Å². The molecule has 0 amide bonds. The number of aromatic nitrogens is 2. The van der Waals surface area contributed by atoms with Gasteiger partial charge in [-0.15, -0.1) is 0 Å². The van der Waals surface area contributed by atoms with Gasteiger partial charge in [0.2, 0.25) is 0 Å². The summed E-state index contributed by atoms with van der Waals surface area (Å²) in [5, 5.41) is 0. The molecule has 1 aromatic rings. The minimum atomic E-state index is 0. The molecule has 2 nitrogen and oxygen atoms in total. The van der Waals surface area contributed by atoms with Crippen molar-refractivity contribution in [3.05, 3.63) is 18.7 Å². The minimum Gasteiger partial charge on any atom is -0.341 e. The average molecular weight is 193 g/mol. The molecule has 0 spiro atoms. The van der Waals surface area contributed by atoms with Gasteiger partial charge in [0.15, 0.2) is 0 Å². The van der Waals surface area contributed by atoms with Gasteiger partial charge in [-0.2, -0.15) is 0 Å². The van der Waals surface area contributed by atoms with Crippen molar-refractivity contribution in [2.24, 2.45) is 7.05 Å². The molecule has 11 heavy (non-hydrogen) atoms. The van der Waals surface area contributed by atoms with E-state index in [9.17, 15) is 0 Å². The van der Waals surface area contributed by atoms with Crippen LogP contribution in [0, 0.1) is 0 Å². The van der Waals surface area contributed by atoms with E-state index in [1.165, 1.54) is 0 Å². The smallest absolute Gasteiger partial charge is 0.0943 e. The van der Waals surface area contributed by atoms with Crippen LogP contribution in [0.4, 0.5) is 0 Å². The van der Waals surface area contributed by atoms with Crippen molar-refractivity contribution >= 4 is 0 Å². The number of hydrogen-bond acceptors (Lipinski definition) is 1. The molecule has 0 unspecified atom stereocenters. The van der Waals surface area contributed by atoms with Crippen LogP contribution in [0.5, 0.6) is 0 Å². The van der Waals surface area contributed by atoms with Gasteiger partial charge in [-0.05, 0) is 0 Å². The Kier molecular flexibility index (Phi) is 25.4. The average Bonchev–Trinajstić information content (AvgIpc) is 2.48. The molecule has 0 saturated heterocycles. The molecular weight excluding hydrogens is 175 g/mol. The second-order valence-corrected chi connectivity index (χ2v) is 1.23. The van der Waals surface area contributed by atoms with E-state index in [0.717, 1.165) is 0 Å². The van der Waals surface area contributed by atoms with Crippen LogP contribution < -0.4 is 0 Å². The van der Waals surface area contributed by atoms with E-state index in [4.69, 9.17) is 0 Å². The van der Waals surface area contributed by atoms with Gasteiger partial charge in [0.05, 0.1) is 6.33 Å². The Hall–Kier alpha value is -0.206.